The Morgan fingerprint density at radius 3 is 1.52 bits per heavy atom. The molecule has 0 aliphatic carbocycles. The fraction of sp³-hybridized carbons (Fsp3) is 0.581. The van der Waals surface area contributed by atoms with Crippen LogP contribution in [-0.2, 0) is 35.4 Å². The molecule has 0 fully saturated rings. The van der Waals surface area contributed by atoms with Crippen LogP contribution in [0.3, 0.4) is 0 Å². The van der Waals surface area contributed by atoms with Crippen molar-refractivity contribution >= 4 is 5.97 Å². The van der Waals surface area contributed by atoms with Gasteiger partial charge in [0, 0.05) is 0 Å². The number of ether oxygens (including phenoxy) is 3. The van der Waals surface area contributed by atoms with Crippen molar-refractivity contribution < 1.29 is 44.5 Å². The van der Waals surface area contributed by atoms with Gasteiger partial charge < -0.3 is 39.7 Å². The standard InChI is InChI=1S/C31H46O9/c1-19-15-21(17-23(25(19)35)29(3,4)5)31(40-14-11-34,27(38-12-9-32)28(37)39-13-10-33)22-16-20(2)26(36)24(18-22)30(6,7)8/h15-18,27,32-36H,9-14H2,1-8H3. The number of phenols is 2. The van der Waals surface area contributed by atoms with Crippen molar-refractivity contribution in [3.63, 3.8) is 0 Å². The minimum atomic E-state index is -1.76. The molecule has 224 valence electrons. The summed E-state index contributed by atoms with van der Waals surface area (Å²) >= 11 is 0. The summed E-state index contributed by atoms with van der Waals surface area (Å²) in [5.41, 5.74) is 0.339. The highest BCUT2D eigenvalue weighted by Gasteiger charge is 2.51. The molecule has 0 aliphatic rings. The van der Waals surface area contributed by atoms with E-state index in [0.717, 1.165) is 0 Å². The number of carbonyl (C=O) groups excluding carboxylic acids is 1. The first-order chi connectivity index (χ1) is 18.6. The molecule has 1 unspecified atom stereocenters. The molecule has 2 aromatic carbocycles. The summed E-state index contributed by atoms with van der Waals surface area (Å²) in [6, 6.07) is 6.87. The maximum absolute atomic E-state index is 13.7. The molecule has 9 nitrogen and oxygen atoms in total. The van der Waals surface area contributed by atoms with Gasteiger partial charge >= 0.3 is 5.97 Å². The molecule has 0 saturated heterocycles. The van der Waals surface area contributed by atoms with E-state index in [4.69, 9.17) is 14.2 Å². The van der Waals surface area contributed by atoms with Gasteiger partial charge in [-0.25, -0.2) is 4.79 Å². The Labute approximate surface area is 237 Å². The Kier molecular flexibility index (Phi) is 11.2. The second kappa shape index (κ2) is 13.3. The minimum Gasteiger partial charge on any atom is -0.507 e. The Balaban J connectivity index is 3.17. The van der Waals surface area contributed by atoms with E-state index in [1.54, 1.807) is 38.1 Å². The quantitative estimate of drug-likeness (QED) is 0.245. The molecular formula is C31H46O9. The first-order valence-electron chi connectivity index (χ1n) is 13.5. The van der Waals surface area contributed by atoms with E-state index in [9.17, 15) is 30.3 Å². The Bertz CT molecular complexity index is 1090. The highest BCUT2D eigenvalue weighted by Crippen LogP contribution is 2.46. The molecule has 1 atom stereocenters. The summed E-state index contributed by atoms with van der Waals surface area (Å²) in [5.74, 6) is -0.660. The number of carbonyl (C=O) groups is 1. The summed E-state index contributed by atoms with van der Waals surface area (Å²) in [6.45, 7) is 13.2. The van der Waals surface area contributed by atoms with Crippen LogP contribution in [0.25, 0.3) is 0 Å². The van der Waals surface area contributed by atoms with Gasteiger partial charge in [-0.05, 0) is 82.3 Å². The fourth-order valence-corrected chi connectivity index (χ4v) is 4.79. The van der Waals surface area contributed by atoms with Crippen molar-refractivity contribution in [2.45, 2.75) is 77.9 Å². The van der Waals surface area contributed by atoms with E-state index in [0.29, 0.717) is 33.4 Å². The van der Waals surface area contributed by atoms with Crippen LogP contribution in [0.2, 0.25) is 0 Å². The Hall–Kier alpha value is -2.69. The highest BCUT2D eigenvalue weighted by molar-refractivity contribution is 5.78. The Morgan fingerprint density at radius 1 is 0.725 bits per heavy atom. The molecule has 0 heterocycles. The first kappa shape index (κ1) is 33.5. The normalized spacial score (nSPS) is 13.4. The van der Waals surface area contributed by atoms with Gasteiger partial charge in [-0.1, -0.05) is 41.5 Å². The number of aliphatic hydroxyl groups is 3. The monoisotopic (exact) mass is 562 g/mol. The molecule has 40 heavy (non-hydrogen) atoms. The largest absolute Gasteiger partial charge is 0.507 e. The minimum absolute atomic E-state index is 0.0975. The topological polar surface area (TPSA) is 146 Å². The summed E-state index contributed by atoms with van der Waals surface area (Å²) in [7, 11) is 0. The molecule has 0 saturated carbocycles. The zero-order valence-electron chi connectivity index (χ0n) is 25.0. The fourth-order valence-electron chi connectivity index (χ4n) is 4.79. The molecular weight excluding hydrogens is 516 g/mol. The Morgan fingerprint density at radius 2 is 1.15 bits per heavy atom. The molecule has 9 heteroatoms. The van der Waals surface area contributed by atoms with Gasteiger partial charge in [0.05, 0.1) is 33.0 Å². The van der Waals surface area contributed by atoms with Crippen LogP contribution in [0.4, 0.5) is 0 Å². The van der Waals surface area contributed by atoms with E-state index >= 15 is 0 Å². The lowest BCUT2D eigenvalue weighted by Gasteiger charge is -2.41. The van der Waals surface area contributed by atoms with Gasteiger partial charge in [0.15, 0.2) is 11.7 Å². The maximum atomic E-state index is 13.7. The second-order valence-corrected chi connectivity index (χ2v) is 12.1. The zero-order chi connectivity index (χ0) is 30.5. The average molecular weight is 563 g/mol. The van der Waals surface area contributed by atoms with Crippen LogP contribution in [-0.4, -0.2) is 77.2 Å². The summed E-state index contributed by atoms with van der Waals surface area (Å²) in [6.07, 6.45) is -1.51. The van der Waals surface area contributed by atoms with Crippen molar-refractivity contribution in [1.29, 1.82) is 0 Å². The number of aryl methyl sites for hydroxylation is 2. The molecule has 2 rings (SSSR count). The predicted octanol–water partition coefficient (Wildman–Crippen LogP) is 3.48. The van der Waals surface area contributed by atoms with Crippen LogP contribution in [0.1, 0.15) is 74.9 Å². The molecule has 2 aromatic rings. The maximum Gasteiger partial charge on any atom is 0.339 e. The lowest BCUT2D eigenvalue weighted by Crippen LogP contribution is -2.51. The second-order valence-electron chi connectivity index (χ2n) is 12.1. The number of aliphatic hydroxyl groups excluding tert-OH is 3. The van der Waals surface area contributed by atoms with Crippen molar-refractivity contribution in [2.24, 2.45) is 0 Å². The van der Waals surface area contributed by atoms with Gasteiger partial charge in [-0.3, -0.25) is 0 Å². The first-order valence-corrected chi connectivity index (χ1v) is 13.5. The molecule has 5 N–H and O–H groups in total. The number of esters is 1. The zero-order valence-corrected chi connectivity index (χ0v) is 25.0. The van der Waals surface area contributed by atoms with Crippen LogP contribution >= 0.6 is 0 Å². The summed E-state index contributed by atoms with van der Waals surface area (Å²) in [5, 5.41) is 50.9. The molecule has 0 aliphatic heterocycles. The average Bonchev–Trinajstić information content (AvgIpc) is 2.86. The lowest BCUT2D eigenvalue weighted by molar-refractivity contribution is -0.185. The van der Waals surface area contributed by atoms with Crippen molar-refractivity contribution in [2.75, 3.05) is 39.6 Å². The smallest absolute Gasteiger partial charge is 0.339 e. The van der Waals surface area contributed by atoms with Gasteiger partial charge in [0.2, 0.25) is 0 Å². The molecule has 0 radical (unpaired) electrons. The summed E-state index contributed by atoms with van der Waals surface area (Å²) < 4.78 is 17.8. The lowest BCUT2D eigenvalue weighted by atomic mass is 9.74. The van der Waals surface area contributed by atoms with E-state index in [2.05, 4.69) is 0 Å². The van der Waals surface area contributed by atoms with E-state index in [1.807, 2.05) is 41.5 Å². The van der Waals surface area contributed by atoms with E-state index in [-0.39, 0.29) is 37.9 Å². The molecule has 0 spiro atoms. The van der Waals surface area contributed by atoms with Gasteiger partial charge in [0.25, 0.3) is 0 Å². The van der Waals surface area contributed by atoms with Crippen molar-refractivity contribution in [1.82, 2.24) is 0 Å². The van der Waals surface area contributed by atoms with Crippen molar-refractivity contribution in [3.8, 4) is 11.5 Å². The van der Waals surface area contributed by atoms with Crippen LogP contribution < -0.4 is 0 Å². The third-order valence-electron chi connectivity index (χ3n) is 6.79. The molecule has 0 bridgehead atoms. The third kappa shape index (κ3) is 7.14. The van der Waals surface area contributed by atoms with Gasteiger partial charge in [-0.15, -0.1) is 0 Å². The van der Waals surface area contributed by atoms with Gasteiger partial charge in [0.1, 0.15) is 18.1 Å². The third-order valence-corrected chi connectivity index (χ3v) is 6.79. The molecule has 0 amide bonds. The van der Waals surface area contributed by atoms with Crippen molar-refractivity contribution in [3.05, 3.63) is 57.6 Å². The number of aromatic hydroxyl groups is 2. The number of rotatable bonds is 12. The van der Waals surface area contributed by atoms with Crippen LogP contribution in [0, 0.1) is 13.8 Å². The number of hydrogen-bond acceptors (Lipinski definition) is 9. The van der Waals surface area contributed by atoms with Crippen LogP contribution in [0.5, 0.6) is 11.5 Å². The van der Waals surface area contributed by atoms with E-state index in [1.165, 1.54) is 0 Å². The summed E-state index contributed by atoms with van der Waals surface area (Å²) in [4.78, 5) is 13.7. The number of benzene rings is 2. The highest BCUT2D eigenvalue weighted by atomic mass is 16.6. The molecule has 0 aromatic heterocycles. The SMILES string of the molecule is Cc1cc(C(OCCO)(c2cc(C)c(O)c(C(C)(C)C)c2)C(OCCO)C(=O)OCCO)cc(C(C)(C)C)c1O. The number of phenolic OH excluding ortho intramolecular Hbond substituents is 2. The van der Waals surface area contributed by atoms with Crippen LogP contribution in [0.15, 0.2) is 24.3 Å². The van der Waals surface area contributed by atoms with E-state index < -0.39 is 41.7 Å². The number of hydrogen-bond donors (Lipinski definition) is 5. The predicted molar refractivity (Wildman–Crippen MR) is 152 cm³/mol. The van der Waals surface area contributed by atoms with Gasteiger partial charge in [-0.2, -0.15) is 0 Å².